The number of carbonyl (C=O) groups excluding carboxylic acids is 2. The maximum atomic E-state index is 12.5. The first-order valence-electron chi connectivity index (χ1n) is 6.19. The molecule has 2 aromatic rings. The molecular weight excluding hydrogens is 299 g/mol. The van der Waals surface area contributed by atoms with E-state index in [2.05, 4.69) is 0 Å². The van der Waals surface area contributed by atoms with Gasteiger partial charge in [-0.1, -0.05) is 6.07 Å². The molecule has 0 spiro atoms. The summed E-state index contributed by atoms with van der Waals surface area (Å²) < 4.78 is 37.6. The summed E-state index contributed by atoms with van der Waals surface area (Å²) in [6.07, 6.45) is -4.50. The lowest BCUT2D eigenvalue weighted by Crippen LogP contribution is -2.29. The zero-order chi connectivity index (χ0) is 16.1. The predicted octanol–water partition coefficient (Wildman–Crippen LogP) is 3.21. The molecule has 0 fully saturated rings. The van der Waals surface area contributed by atoms with Crippen LogP contribution in [0.25, 0.3) is 0 Å². The van der Waals surface area contributed by atoms with Crippen molar-refractivity contribution in [1.82, 2.24) is 0 Å². The van der Waals surface area contributed by atoms with E-state index >= 15 is 0 Å². The van der Waals surface area contributed by atoms with Crippen LogP contribution in [0, 0.1) is 0 Å². The monoisotopic (exact) mass is 307 g/mol. The standard InChI is InChI=1S/C15H8F3NO3/c16-15(17,18)8-4-6-9(7-5-8)19-13(21)10-2-1-3-11(20)12(10)14(19)22/h1-7,20H. The molecule has 2 aromatic carbocycles. The largest absolute Gasteiger partial charge is 0.507 e. The highest BCUT2D eigenvalue weighted by atomic mass is 19.4. The fourth-order valence-electron chi connectivity index (χ4n) is 2.30. The molecule has 0 atom stereocenters. The van der Waals surface area contributed by atoms with E-state index in [1.165, 1.54) is 18.2 Å². The molecule has 0 radical (unpaired) electrons. The van der Waals surface area contributed by atoms with Gasteiger partial charge in [-0.15, -0.1) is 0 Å². The third-order valence-corrected chi connectivity index (χ3v) is 3.35. The first kappa shape index (κ1) is 14.1. The van der Waals surface area contributed by atoms with Gasteiger partial charge >= 0.3 is 6.18 Å². The number of imide groups is 1. The highest BCUT2D eigenvalue weighted by Crippen LogP contribution is 2.35. The van der Waals surface area contributed by atoms with Crippen molar-refractivity contribution in [2.75, 3.05) is 4.90 Å². The van der Waals surface area contributed by atoms with Gasteiger partial charge in [-0.2, -0.15) is 13.2 Å². The van der Waals surface area contributed by atoms with Crippen molar-refractivity contribution in [3.05, 3.63) is 59.2 Å². The molecule has 0 saturated carbocycles. The molecule has 1 heterocycles. The maximum Gasteiger partial charge on any atom is 0.416 e. The van der Waals surface area contributed by atoms with Gasteiger partial charge < -0.3 is 5.11 Å². The van der Waals surface area contributed by atoms with Gasteiger partial charge in [0.25, 0.3) is 11.8 Å². The Morgan fingerprint density at radius 1 is 0.909 bits per heavy atom. The molecule has 22 heavy (non-hydrogen) atoms. The molecule has 1 N–H and O–H groups in total. The van der Waals surface area contributed by atoms with E-state index in [9.17, 15) is 27.9 Å². The van der Waals surface area contributed by atoms with Gasteiger partial charge in [0.15, 0.2) is 0 Å². The highest BCUT2D eigenvalue weighted by Gasteiger charge is 2.39. The molecule has 112 valence electrons. The lowest BCUT2D eigenvalue weighted by molar-refractivity contribution is -0.137. The molecule has 4 nitrogen and oxygen atoms in total. The summed E-state index contributed by atoms with van der Waals surface area (Å²) in [7, 11) is 0. The number of phenols is 1. The molecule has 0 saturated heterocycles. The van der Waals surface area contributed by atoms with E-state index in [0.29, 0.717) is 0 Å². The van der Waals surface area contributed by atoms with Crippen LogP contribution < -0.4 is 4.90 Å². The second-order valence-electron chi connectivity index (χ2n) is 4.69. The average molecular weight is 307 g/mol. The molecule has 0 unspecified atom stereocenters. The van der Waals surface area contributed by atoms with Crippen LogP contribution in [0.15, 0.2) is 42.5 Å². The third-order valence-electron chi connectivity index (χ3n) is 3.35. The van der Waals surface area contributed by atoms with Crippen molar-refractivity contribution in [2.45, 2.75) is 6.18 Å². The minimum Gasteiger partial charge on any atom is -0.507 e. The van der Waals surface area contributed by atoms with E-state index in [-0.39, 0.29) is 22.6 Å². The van der Waals surface area contributed by atoms with E-state index < -0.39 is 23.6 Å². The number of carbonyl (C=O) groups is 2. The summed E-state index contributed by atoms with van der Waals surface area (Å²) in [6.45, 7) is 0. The van der Waals surface area contributed by atoms with Crippen molar-refractivity contribution < 1.29 is 27.9 Å². The molecular formula is C15H8F3NO3. The van der Waals surface area contributed by atoms with Gasteiger partial charge in [-0.3, -0.25) is 9.59 Å². The minimum atomic E-state index is -4.50. The third kappa shape index (κ3) is 2.02. The van der Waals surface area contributed by atoms with E-state index in [1.54, 1.807) is 0 Å². The summed E-state index contributed by atoms with van der Waals surface area (Å²) in [4.78, 5) is 25.2. The number of halogens is 3. The Balaban J connectivity index is 2.03. The Morgan fingerprint density at radius 2 is 1.55 bits per heavy atom. The predicted molar refractivity (Wildman–Crippen MR) is 70.7 cm³/mol. The Hall–Kier alpha value is -2.83. The van der Waals surface area contributed by atoms with Crippen LogP contribution in [-0.2, 0) is 6.18 Å². The van der Waals surface area contributed by atoms with Crippen LogP contribution >= 0.6 is 0 Å². The van der Waals surface area contributed by atoms with Crippen LogP contribution in [0.2, 0.25) is 0 Å². The van der Waals surface area contributed by atoms with Crippen LogP contribution in [0.5, 0.6) is 5.75 Å². The Bertz CT molecular complexity index is 782. The zero-order valence-electron chi connectivity index (χ0n) is 10.9. The number of hydrogen-bond acceptors (Lipinski definition) is 3. The van der Waals surface area contributed by atoms with E-state index in [0.717, 1.165) is 29.2 Å². The minimum absolute atomic E-state index is 0.0126. The molecule has 3 rings (SSSR count). The fraction of sp³-hybridized carbons (Fsp3) is 0.0667. The lowest BCUT2D eigenvalue weighted by Gasteiger charge is -2.15. The SMILES string of the molecule is O=C1c2cccc(O)c2C(=O)N1c1ccc(C(F)(F)F)cc1. The Morgan fingerprint density at radius 3 is 2.09 bits per heavy atom. The number of benzene rings is 2. The lowest BCUT2D eigenvalue weighted by atomic mass is 10.1. The van der Waals surface area contributed by atoms with Crippen molar-refractivity contribution >= 4 is 17.5 Å². The number of amides is 2. The Kier molecular flexibility index (Phi) is 2.94. The second-order valence-corrected chi connectivity index (χ2v) is 4.69. The van der Waals surface area contributed by atoms with Crippen LogP contribution in [0.1, 0.15) is 26.3 Å². The van der Waals surface area contributed by atoms with Crippen LogP contribution in [0.3, 0.4) is 0 Å². The highest BCUT2D eigenvalue weighted by molar-refractivity contribution is 6.35. The van der Waals surface area contributed by atoms with E-state index in [4.69, 9.17) is 0 Å². The molecule has 0 aliphatic carbocycles. The van der Waals surface area contributed by atoms with Gasteiger partial charge in [0.2, 0.25) is 0 Å². The number of fused-ring (bicyclic) bond motifs is 1. The van der Waals surface area contributed by atoms with Crippen LogP contribution in [-0.4, -0.2) is 16.9 Å². The van der Waals surface area contributed by atoms with Crippen molar-refractivity contribution in [3.63, 3.8) is 0 Å². The van der Waals surface area contributed by atoms with Gasteiger partial charge in [0.1, 0.15) is 5.75 Å². The summed E-state index contributed by atoms with van der Waals surface area (Å²) >= 11 is 0. The quantitative estimate of drug-likeness (QED) is 0.823. The number of anilines is 1. The zero-order valence-corrected chi connectivity index (χ0v) is 10.9. The van der Waals surface area contributed by atoms with Crippen LogP contribution in [0.4, 0.5) is 18.9 Å². The summed E-state index contributed by atoms with van der Waals surface area (Å²) in [5.41, 5.74) is -0.994. The van der Waals surface area contributed by atoms with Gasteiger partial charge in [0, 0.05) is 0 Å². The smallest absolute Gasteiger partial charge is 0.416 e. The van der Waals surface area contributed by atoms with Gasteiger partial charge in [-0.25, -0.2) is 4.90 Å². The van der Waals surface area contributed by atoms with Crippen molar-refractivity contribution in [3.8, 4) is 5.75 Å². The number of rotatable bonds is 1. The number of phenolic OH excluding ortho intramolecular Hbond substituents is 1. The average Bonchev–Trinajstić information content (AvgIpc) is 2.71. The number of nitrogens with zero attached hydrogens (tertiary/aromatic N) is 1. The number of alkyl halides is 3. The normalized spacial score (nSPS) is 14.4. The van der Waals surface area contributed by atoms with Crippen molar-refractivity contribution in [1.29, 1.82) is 0 Å². The molecule has 7 heteroatoms. The van der Waals surface area contributed by atoms with E-state index in [1.807, 2.05) is 0 Å². The number of hydrogen-bond donors (Lipinski definition) is 1. The maximum absolute atomic E-state index is 12.5. The fourth-order valence-corrected chi connectivity index (χ4v) is 2.30. The number of aromatic hydroxyl groups is 1. The molecule has 0 aromatic heterocycles. The first-order valence-corrected chi connectivity index (χ1v) is 6.19. The molecule has 1 aliphatic rings. The topological polar surface area (TPSA) is 57.6 Å². The molecule has 1 aliphatic heterocycles. The first-order chi connectivity index (χ1) is 10.3. The summed E-state index contributed by atoms with van der Waals surface area (Å²) in [5.74, 6) is -1.79. The second kappa shape index (κ2) is 4.59. The van der Waals surface area contributed by atoms with Gasteiger partial charge in [-0.05, 0) is 36.4 Å². The van der Waals surface area contributed by atoms with Crippen molar-refractivity contribution in [2.24, 2.45) is 0 Å². The molecule has 0 bridgehead atoms. The van der Waals surface area contributed by atoms with Gasteiger partial charge in [0.05, 0.1) is 22.4 Å². The summed E-state index contributed by atoms with van der Waals surface area (Å²) in [5, 5.41) is 9.69. The Labute approximate surface area is 122 Å². The molecule has 2 amide bonds. The summed E-state index contributed by atoms with van der Waals surface area (Å²) in [6, 6.07) is 7.72.